The van der Waals surface area contributed by atoms with E-state index in [1.165, 1.54) is 13.2 Å². The lowest BCUT2D eigenvalue weighted by Gasteiger charge is -2.14. The number of methoxy groups -OCH3 is 1. The number of carbonyl (C=O) groups excluding carboxylic acids is 1. The van der Waals surface area contributed by atoms with E-state index in [1.807, 2.05) is 12.3 Å². The first kappa shape index (κ1) is 22.3. The van der Waals surface area contributed by atoms with E-state index < -0.39 is 0 Å². The van der Waals surface area contributed by atoms with Gasteiger partial charge in [0, 0.05) is 32.3 Å². The van der Waals surface area contributed by atoms with Gasteiger partial charge in [0.25, 0.3) is 0 Å². The number of carbonyl (C=O) groups is 1. The second kappa shape index (κ2) is 13.4. The highest BCUT2D eigenvalue weighted by molar-refractivity contribution is 7.97. The number of nitrogens with one attached hydrogen (secondary N) is 2. The maximum atomic E-state index is 13.4. The van der Waals surface area contributed by atoms with Gasteiger partial charge in [-0.15, -0.1) is 0 Å². The Morgan fingerprint density at radius 1 is 1.19 bits per heavy atom. The molecule has 0 saturated heterocycles. The number of unbranched alkanes of at least 4 members (excludes halogenated alkanes) is 3. The molecule has 0 radical (unpaired) electrons. The molecule has 0 spiro atoms. The van der Waals surface area contributed by atoms with Gasteiger partial charge in [0.2, 0.25) is 0 Å². The van der Waals surface area contributed by atoms with Crippen LogP contribution in [0.4, 0.5) is 4.39 Å². The van der Waals surface area contributed by atoms with Crippen molar-refractivity contribution in [2.45, 2.75) is 44.4 Å². The van der Waals surface area contributed by atoms with Crippen molar-refractivity contribution in [3.8, 4) is 0 Å². The number of rotatable bonds is 11. The van der Waals surface area contributed by atoms with E-state index in [9.17, 15) is 9.18 Å². The van der Waals surface area contributed by atoms with Crippen molar-refractivity contribution in [1.29, 1.82) is 0 Å². The first-order valence-electron chi connectivity index (χ1n) is 8.88. The molecule has 7 heteroatoms. The molecule has 146 valence electrons. The molecule has 0 aliphatic carbocycles. The van der Waals surface area contributed by atoms with E-state index in [0.717, 1.165) is 55.1 Å². The molecule has 0 atom stereocenters. The molecule has 0 amide bonds. The Balaban J connectivity index is 2.28. The third-order valence-electron chi connectivity index (χ3n) is 3.97. The zero-order valence-electron chi connectivity index (χ0n) is 15.9. The molecule has 0 heterocycles. The van der Waals surface area contributed by atoms with Gasteiger partial charge in [-0.1, -0.05) is 18.9 Å². The summed E-state index contributed by atoms with van der Waals surface area (Å²) in [6.07, 6.45) is 6.43. The third-order valence-corrected chi connectivity index (χ3v) is 4.57. The van der Waals surface area contributed by atoms with Crippen LogP contribution in [0.5, 0.6) is 0 Å². The molecule has 0 aliphatic rings. The molecule has 0 saturated carbocycles. The van der Waals surface area contributed by atoms with E-state index in [1.54, 1.807) is 24.9 Å². The van der Waals surface area contributed by atoms with Gasteiger partial charge in [0.05, 0.1) is 7.11 Å². The van der Waals surface area contributed by atoms with Crippen molar-refractivity contribution < 1.29 is 13.9 Å². The predicted octanol–water partition coefficient (Wildman–Crippen LogP) is 3.48. The maximum Gasteiger partial charge on any atom is 0.305 e. The average molecular weight is 384 g/mol. The summed E-state index contributed by atoms with van der Waals surface area (Å²) in [5.41, 5.74) is 2.08. The summed E-state index contributed by atoms with van der Waals surface area (Å²) in [7, 11) is 3.15. The summed E-state index contributed by atoms with van der Waals surface area (Å²) in [4.78, 5) is 15.2. The van der Waals surface area contributed by atoms with Crippen LogP contribution in [-0.4, -0.2) is 38.9 Å². The molecule has 0 fully saturated rings. The first-order valence-corrected chi connectivity index (χ1v) is 10.3. The topological polar surface area (TPSA) is 62.7 Å². The number of esters is 1. The monoisotopic (exact) mass is 383 g/mol. The molecule has 0 bridgehead atoms. The summed E-state index contributed by atoms with van der Waals surface area (Å²) in [5.74, 6) is 1.17. The summed E-state index contributed by atoms with van der Waals surface area (Å²) < 4.78 is 18.0. The molecule has 1 aromatic rings. The smallest absolute Gasteiger partial charge is 0.305 e. The number of hydrogen-bond donors (Lipinski definition) is 2. The van der Waals surface area contributed by atoms with Crippen LogP contribution in [0.15, 0.2) is 23.2 Å². The predicted molar refractivity (Wildman–Crippen MR) is 107 cm³/mol. The van der Waals surface area contributed by atoms with E-state index in [2.05, 4.69) is 20.4 Å². The van der Waals surface area contributed by atoms with E-state index in [-0.39, 0.29) is 11.8 Å². The van der Waals surface area contributed by atoms with Crippen LogP contribution in [0.1, 0.15) is 43.2 Å². The summed E-state index contributed by atoms with van der Waals surface area (Å²) in [6.45, 7) is 1.42. The highest BCUT2D eigenvalue weighted by Gasteiger charge is 2.05. The zero-order chi connectivity index (χ0) is 19.2. The van der Waals surface area contributed by atoms with E-state index in [0.29, 0.717) is 13.0 Å². The first-order chi connectivity index (χ1) is 12.6. The molecular weight excluding hydrogens is 353 g/mol. The van der Waals surface area contributed by atoms with Crippen LogP contribution < -0.4 is 10.6 Å². The molecule has 2 N–H and O–H groups in total. The number of halogens is 1. The molecule has 1 rings (SSSR count). The maximum absolute atomic E-state index is 13.4. The van der Waals surface area contributed by atoms with Crippen molar-refractivity contribution >= 4 is 23.7 Å². The Hall–Kier alpha value is -1.76. The highest BCUT2D eigenvalue weighted by atomic mass is 32.2. The number of guanidine groups is 1. The SMILES string of the molecule is CN=C(NCCCCCCC(=O)OC)NCc1ccc(F)cc1CSC. The third kappa shape index (κ3) is 9.08. The van der Waals surface area contributed by atoms with Gasteiger partial charge >= 0.3 is 5.97 Å². The van der Waals surface area contributed by atoms with Crippen molar-refractivity contribution in [3.05, 3.63) is 35.1 Å². The second-order valence-corrected chi connectivity index (χ2v) is 6.80. The van der Waals surface area contributed by atoms with E-state index in [4.69, 9.17) is 0 Å². The Morgan fingerprint density at radius 3 is 2.65 bits per heavy atom. The molecule has 1 aromatic carbocycles. The molecule has 5 nitrogen and oxygen atoms in total. The fraction of sp³-hybridized carbons (Fsp3) is 0.579. The second-order valence-electron chi connectivity index (χ2n) is 5.94. The molecule has 26 heavy (non-hydrogen) atoms. The number of benzene rings is 1. The standard InChI is InChI=1S/C19H30FN3O2S/c1-21-19(22-11-7-5-4-6-8-18(24)25-2)23-13-15-9-10-17(20)12-16(15)14-26-3/h9-10,12H,4-8,11,13-14H2,1-3H3,(H2,21,22,23). The lowest BCUT2D eigenvalue weighted by atomic mass is 10.1. The van der Waals surface area contributed by atoms with Crippen LogP contribution in [0.25, 0.3) is 0 Å². The number of ether oxygens (including phenoxy) is 1. The minimum atomic E-state index is -0.201. The summed E-state index contributed by atoms with van der Waals surface area (Å²) in [5, 5.41) is 6.56. The number of thioether (sulfide) groups is 1. The van der Waals surface area contributed by atoms with Gasteiger partial charge in [-0.2, -0.15) is 11.8 Å². The minimum Gasteiger partial charge on any atom is -0.469 e. The van der Waals surface area contributed by atoms with Crippen LogP contribution in [0.2, 0.25) is 0 Å². The fourth-order valence-corrected chi connectivity index (χ4v) is 3.09. The van der Waals surface area contributed by atoms with Crippen LogP contribution >= 0.6 is 11.8 Å². The lowest BCUT2D eigenvalue weighted by Crippen LogP contribution is -2.37. The number of nitrogens with zero attached hydrogens (tertiary/aromatic N) is 1. The van der Waals surface area contributed by atoms with Gasteiger partial charge in [-0.05, 0) is 42.4 Å². The van der Waals surface area contributed by atoms with Crippen LogP contribution in [0, 0.1) is 5.82 Å². The average Bonchev–Trinajstić information content (AvgIpc) is 2.64. The summed E-state index contributed by atoms with van der Waals surface area (Å²) >= 11 is 1.67. The number of aliphatic imine (C=N–C) groups is 1. The minimum absolute atomic E-state index is 0.144. The van der Waals surface area contributed by atoms with Crippen LogP contribution in [0.3, 0.4) is 0 Å². The van der Waals surface area contributed by atoms with Crippen molar-refractivity contribution in [2.24, 2.45) is 4.99 Å². The zero-order valence-corrected chi connectivity index (χ0v) is 16.8. The van der Waals surface area contributed by atoms with Crippen LogP contribution in [-0.2, 0) is 21.8 Å². The Morgan fingerprint density at radius 2 is 1.96 bits per heavy atom. The molecule has 0 aromatic heterocycles. The number of hydrogen-bond acceptors (Lipinski definition) is 4. The van der Waals surface area contributed by atoms with Gasteiger partial charge in [-0.25, -0.2) is 4.39 Å². The molecule has 0 aliphatic heterocycles. The van der Waals surface area contributed by atoms with E-state index >= 15 is 0 Å². The van der Waals surface area contributed by atoms with Crippen molar-refractivity contribution in [1.82, 2.24) is 10.6 Å². The van der Waals surface area contributed by atoms with Gasteiger partial charge < -0.3 is 15.4 Å². The Bertz CT molecular complexity index is 582. The van der Waals surface area contributed by atoms with Crippen molar-refractivity contribution in [2.75, 3.05) is 27.0 Å². The molecular formula is C19H30FN3O2S. The summed E-state index contributed by atoms with van der Waals surface area (Å²) in [6, 6.07) is 4.91. The van der Waals surface area contributed by atoms with Gasteiger partial charge in [0.1, 0.15) is 5.82 Å². The Labute approximate surface area is 160 Å². The normalized spacial score (nSPS) is 11.3. The van der Waals surface area contributed by atoms with Crippen molar-refractivity contribution in [3.63, 3.8) is 0 Å². The molecule has 0 unspecified atom stereocenters. The van der Waals surface area contributed by atoms with Gasteiger partial charge in [-0.3, -0.25) is 9.79 Å². The quantitative estimate of drug-likeness (QED) is 0.265. The van der Waals surface area contributed by atoms with Gasteiger partial charge in [0.15, 0.2) is 5.96 Å². The largest absolute Gasteiger partial charge is 0.469 e. The lowest BCUT2D eigenvalue weighted by molar-refractivity contribution is -0.140. The fourth-order valence-electron chi connectivity index (χ4n) is 2.51. The Kier molecular flexibility index (Phi) is 11.5. The highest BCUT2D eigenvalue weighted by Crippen LogP contribution is 2.16.